The molecule has 3 N–H and O–H groups in total. The minimum absolute atomic E-state index is 0.121. The van der Waals surface area contributed by atoms with Crippen molar-refractivity contribution < 1.29 is 4.79 Å². The van der Waals surface area contributed by atoms with Crippen LogP contribution in [0.1, 0.15) is 16.1 Å². The molecule has 0 aliphatic heterocycles. The molecule has 16 heavy (non-hydrogen) atoms. The van der Waals surface area contributed by atoms with Crippen molar-refractivity contribution in [3.05, 3.63) is 52.2 Å². The standard InChI is InChI=1S/C10H10N4O2/c11-6-8-5-9(15)13-14(8)10(16)7-1-3-12-4-2-7/h1-5H,6,11H2,(H,13,15). The summed E-state index contributed by atoms with van der Waals surface area (Å²) < 4.78 is 1.15. The molecular formula is C10H10N4O2. The lowest BCUT2D eigenvalue weighted by Gasteiger charge is -2.04. The molecule has 0 saturated carbocycles. The minimum atomic E-state index is -0.345. The number of pyridine rings is 1. The van der Waals surface area contributed by atoms with Gasteiger partial charge in [0.15, 0.2) is 0 Å². The zero-order chi connectivity index (χ0) is 11.5. The quantitative estimate of drug-likeness (QED) is 0.724. The van der Waals surface area contributed by atoms with Crippen molar-refractivity contribution in [1.82, 2.24) is 14.8 Å². The van der Waals surface area contributed by atoms with Crippen LogP contribution in [0.4, 0.5) is 0 Å². The van der Waals surface area contributed by atoms with Crippen molar-refractivity contribution in [2.75, 3.05) is 0 Å². The Morgan fingerprint density at radius 1 is 1.44 bits per heavy atom. The third kappa shape index (κ3) is 1.78. The van der Waals surface area contributed by atoms with E-state index >= 15 is 0 Å². The van der Waals surface area contributed by atoms with E-state index in [1.54, 1.807) is 12.1 Å². The van der Waals surface area contributed by atoms with Crippen molar-refractivity contribution >= 4 is 5.91 Å². The number of H-pyrrole nitrogens is 1. The number of carbonyl (C=O) groups is 1. The molecule has 0 amide bonds. The molecule has 0 fully saturated rings. The molecule has 6 nitrogen and oxygen atoms in total. The summed E-state index contributed by atoms with van der Waals surface area (Å²) in [6.45, 7) is 0.121. The predicted molar refractivity (Wildman–Crippen MR) is 56.9 cm³/mol. The monoisotopic (exact) mass is 218 g/mol. The van der Waals surface area contributed by atoms with Crippen molar-refractivity contribution in [2.24, 2.45) is 5.73 Å². The van der Waals surface area contributed by atoms with Crippen molar-refractivity contribution in [3.8, 4) is 0 Å². The van der Waals surface area contributed by atoms with E-state index in [9.17, 15) is 9.59 Å². The molecule has 0 radical (unpaired) electrons. The van der Waals surface area contributed by atoms with Gasteiger partial charge in [-0.25, -0.2) is 4.68 Å². The number of hydrogen-bond acceptors (Lipinski definition) is 4. The third-order valence-electron chi connectivity index (χ3n) is 2.15. The maximum atomic E-state index is 11.9. The minimum Gasteiger partial charge on any atom is -0.325 e. The van der Waals surface area contributed by atoms with Gasteiger partial charge in [0, 0.05) is 30.6 Å². The second-order valence-corrected chi connectivity index (χ2v) is 3.19. The lowest BCUT2D eigenvalue weighted by molar-refractivity contribution is 0.0941. The first kappa shape index (κ1) is 10.3. The summed E-state index contributed by atoms with van der Waals surface area (Å²) in [5, 5.41) is 2.40. The highest BCUT2D eigenvalue weighted by atomic mass is 16.2. The zero-order valence-electron chi connectivity index (χ0n) is 8.38. The summed E-state index contributed by atoms with van der Waals surface area (Å²) >= 11 is 0. The van der Waals surface area contributed by atoms with Crippen LogP contribution in [-0.2, 0) is 6.54 Å². The molecule has 0 saturated heterocycles. The van der Waals surface area contributed by atoms with Gasteiger partial charge in [-0.05, 0) is 12.1 Å². The largest absolute Gasteiger partial charge is 0.325 e. The van der Waals surface area contributed by atoms with Gasteiger partial charge in [0.2, 0.25) is 0 Å². The van der Waals surface area contributed by atoms with Gasteiger partial charge in [0.1, 0.15) is 0 Å². The molecule has 0 aliphatic carbocycles. The summed E-state index contributed by atoms with van der Waals surface area (Å²) in [5.74, 6) is -0.329. The van der Waals surface area contributed by atoms with E-state index in [1.807, 2.05) is 0 Å². The Balaban J connectivity index is 2.45. The molecule has 2 aromatic rings. The number of aromatic amines is 1. The van der Waals surface area contributed by atoms with Gasteiger partial charge < -0.3 is 5.73 Å². The van der Waals surface area contributed by atoms with E-state index < -0.39 is 0 Å². The van der Waals surface area contributed by atoms with Crippen molar-refractivity contribution in [3.63, 3.8) is 0 Å². The van der Waals surface area contributed by atoms with Crippen LogP contribution in [0.2, 0.25) is 0 Å². The van der Waals surface area contributed by atoms with E-state index in [0.29, 0.717) is 11.3 Å². The van der Waals surface area contributed by atoms with Gasteiger partial charge in [0.25, 0.3) is 11.5 Å². The fourth-order valence-corrected chi connectivity index (χ4v) is 1.39. The second-order valence-electron chi connectivity index (χ2n) is 3.19. The van der Waals surface area contributed by atoms with Crippen molar-refractivity contribution in [1.29, 1.82) is 0 Å². The molecule has 6 heteroatoms. The molecular weight excluding hydrogens is 208 g/mol. The average molecular weight is 218 g/mol. The Kier molecular flexibility index (Phi) is 2.65. The topological polar surface area (TPSA) is 93.8 Å². The smallest absolute Gasteiger partial charge is 0.276 e. The SMILES string of the molecule is NCc1cc(=O)[nH]n1C(=O)c1ccncc1. The molecule has 0 atom stereocenters. The van der Waals surface area contributed by atoms with Crippen LogP contribution < -0.4 is 11.3 Å². The Morgan fingerprint density at radius 2 is 2.12 bits per heavy atom. The molecule has 82 valence electrons. The lowest BCUT2D eigenvalue weighted by Crippen LogP contribution is -2.19. The van der Waals surface area contributed by atoms with Crippen LogP contribution >= 0.6 is 0 Å². The molecule has 2 rings (SSSR count). The predicted octanol–water partition coefficient (Wildman–Crippen LogP) is -0.281. The molecule has 2 aromatic heterocycles. The van der Waals surface area contributed by atoms with E-state index in [2.05, 4.69) is 10.1 Å². The fourth-order valence-electron chi connectivity index (χ4n) is 1.39. The lowest BCUT2D eigenvalue weighted by atomic mass is 10.2. The van der Waals surface area contributed by atoms with Crippen molar-refractivity contribution in [2.45, 2.75) is 6.54 Å². The average Bonchev–Trinajstić information content (AvgIpc) is 2.70. The van der Waals surface area contributed by atoms with Gasteiger partial charge in [0.05, 0.1) is 5.69 Å². The van der Waals surface area contributed by atoms with Crippen LogP contribution in [0, 0.1) is 0 Å². The van der Waals surface area contributed by atoms with E-state index in [-0.39, 0.29) is 18.0 Å². The Morgan fingerprint density at radius 3 is 2.75 bits per heavy atom. The highest BCUT2D eigenvalue weighted by Crippen LogP contribution is 2.02. The highest BCUT2D eigenvalue weighted by molar-refractivity contribution is 5.95. The first-order valence-corrected chi connectivity index (χ1v) is 4.68. The highest BCUT2D eigenvalue weighted by Gasteiger charge is 2.12. The normalized spacial score (nSPS) is 10.3. The number of aromatic nitrogens is 3. The third-order valence-corrected chi connectivity index (χ3v) is 2.15. The Bertz CT molecular complexity index is 556. The number of nitrogens with one attached hydrogen (secondary N) is 1. The molecule has 0 aliphatic rings. The van der Waals surface area contributed by atoms with Crippen LogP contribution in [0.25, 0.3) is 0 Å². The summed E-state index contributed by atoms with van der Waals surface area (Å²) in [4.78, 5) is 26.9. The van der Waals surface area contributed by atoms with Gasteiger partial charge in [-0.1, -0.05) is 0 Å². The molecule has 0 aromatic carbocycles. The second kappa shape index (κ2) is 4.11. The van der Waals surface area contributed by atoms with Gasteiger partial charge >= 0.3 is 0 Å². The first-order valence-electron chi connectivity index (χ1n) is 4.68. The summed E-state index contributed by atoms with van der Waals surface area (Å²) in [6, 6.07) is 4.45. The van der Waals surface area contributed by atoms with Gasteiger partial charge in [-0.2, -0.15) is 0 Å². The number of rotatable bonds is 2. The van der Waals surface area contributed by atoms with Crippen LogP contribution in [-0.4, -0.2) is 20.7 Å². The van der Waals surface area contributed by atoms with Gasteiger partial charge in [-0.15, -0.1) is 0 Å². The molecule has 0 unspecified atom stereocenters. The molecule has 0 spiro atoms. The summed E-state index contributed by atoms with van der Waals surface area (Å²) in [6.07, 6.45) is 3.02. The maximum Gasteiger partial charge on any atom is 0.276 e. The Labute approximate surface area is 90.7 Å². The first-order chi connectivity index (χ1) is 7.72. The van der Waals surface area contributed by atoms with Gasteiger partial charge in [-0.3, -0.25) is 19.7 Å². The number of nitrogens with zero attached hydrogens (tertiary/aromatic N) is 2. The molecule has 2 heterocycles. The fraction of sp³-hybridized carbons (Fsp3) is 0.100. The zero-order valence-corrected chi connectivity index (χ0v) is 8.38. The van der Waals surface area contributed by atoms with E-state index in [0.717, 1.165) is 4.68 Å². The number of nitrogens with two attached hydrogens (primary N) is 1. The van der Waals surface area contributed by atoms with Crippen LogP contribution in [0.15, 0.2) is 35.4 Å². The molecule has 0 bridgehead atoms. The van der Waals surface area contributed by atoms with E-state index in [4.69, 9.17) is 5.73 Å². The summed E-state index contributed by atoms with van der Waals surface area (Å²) in [5.41, 5.74) is 5.98. The van der Waals surface area contributed by atoms with Crippen LogP contribution in [0.3, 0.4) is 0 Å². The summed E-state index contributed by atoms with van der Waals surface area (Å²) in [7, 11) is 0. The number of hydrogen-bond donors (Lipinski definition) is 2. The van der Waals surface area contributed by atoms with Crippen LogP contribution in [0.5, 0.6) is 0 Å². The number of carbonyl (C=O) groups excluding carboxylic acids is 1. The van der Waals surface area contributed by atoms with E-state index in [1.165, 1.54) is 18.5 Å². The maximum absolute atomic E-state index is 11.9. The Hall–Kier alpha value is -2.21.